The second-order valence-corrected chi connectivity index (χ2v) is 5.41. The number of aliphatic hydroxyl groups excluding tert-OH is 1. The molecule has 19 heavy (non-hydrogen) atoms. The van der Waals surface area contributed by atoms with Crippen molar-refractivity contribution in [2.24, 2.45) is 0 Å². The summed E-state index contributed by atoms with van der Waals surface area (Å²) in [6.45, 7) is 6.17. The summed E-state index contributed by atoms with van der Waals surface area (Å²) in [5.74, 6) is 0. The van der Waals surface area contributed by atoms with Crippen LogP contribution in [-0.2, 0) is 0 Å². The van der Waals surface area contributed by atoms with E-state index in [1.54, 1.807) is 0 Å². The fraction of sp³-hybridized carbons (Fsp3) is 1.00. The predicted octanol–water partition coefficient (Wildman–Crippen LogP) is 0.525. The maximum atomic E-state index is 12.2. The molecule has 1 fully saturated rings. The Balaban J connectivity index is 2.19. The number of nitrogens with zero attached hydrogens (tertiary/aromatic N) is 2. The van der Waals surface area contributed by atoms with Crippen molar-refractivity contribution >= 4 is 0 Å². The van der Waals surface area contributed by atoms with Gasteiger partial charge < -0.3 is 10.4 Å². The summed E-state index contributed by atoms with van der Waals surface area (Å²) in [7, 11) is 0. The maximum Gasteiger partial charge on any atom is 0.401 e. The molecule has 0 aromatic rings. The molecule has 1 heterocycles. The van der Waals surface area contributed by atoms with Crippen molar-refractivity contribution in [2.45, 2.75) is 32.2 Å². The summed E-state index contributed by atoms with van der Waals surface area (Å²) < 4.78 is 36.7. The Labute approximate surface area is 112 Å². The first-order valence-corrected chi connectivity index (χ1v) is 6.69. The molecule has 1 atom stereocenters. The van der Waals surface area contributed by atoms with Crippen LogP contribution in [0.3, 0.4) is 0 Å². The van der Waals surface area contributed by atoms with E-state index in [0.29, 0.717) is 45.3 Å². The van der Waals surface area contributed by atoms with E-state index in [9.17, 15) is 18.3 Å². The van der Waals surface area contributed by atoms with E-state index >= 15 is 0 Å². The average Bonchev–Trinajstić information content (AvgIpc) is 2.27. The van der Waals surface area contributed by atoms with Gasteiger partial charge in [0.05, 0.1) is 12.6 Å². The van der Waals surface area contributed by atoms with E-state index in [4.69, 9.17) is 0 Å². The van der Waals surface area contributed by atoms with Crippen LogP contribution < -0.4 is 5.32 Å². The highest BCUT2D eigenvalue weighted by molar-refractivity contribution is 4.76. The molecular formula is C12H24F3N3O. The van der Waals surface area contributed by atoms with E-state index in [-0.39, 0.29) is 0 Å². The molecule has 0 aromatic carbocycles. The van der Waals surface area contributed by atoms with Gasteiger partial charge in [0.15, 0.2) is 0 Å². The van der Waals surface area contributed by atoms with Crippen LogP contribution >= 0.6 is 0 Å². The van der Waals surface area contributed by atoms with Crippen molar-refractivity contribution in [3.8, 4) is 0 Å². The summed E-state index contributed by atoms with van der Waals surface area (Å²) in [4.78, 5) is 3.43. The number of hydrogen-bond acceptors (Lipinski definition) is 4. The van der Waals surface area contributed by atoms with Gasteiger partial charge in [0.25, 0.3) is 0 Å². The third-order valence-corrected chi connectivity index (χ3v) is 3.10. The van der Waals surface area contributed by atoms with E-state index < -0.39 is 18.8 Å². The molecule has 4 nitrogen and oxygen atoms in total. The Hall–Kier alpha value is -0.370. The maximum absolute atomic E-state index is 12.2. The normalized spacial score (nSPS) is 21.0. The van der Waals surface area contributed by atoms with Gasteiger partial charge >= 0.3 is 6.18 Å². The van der Waals surface area contributed by atoms with Crippen molar-refractivity contribution in [3.63, 3.8) is 0 Å². The molecule has 0 bridgehead atoms. The van der Waals surface area contributed by atoms with Gasteiger partial charge in [0.2, 0.25) is 0 Å². The highest BCUT2D eigenvalue weighted by Gasteiger charge is 2.32. The minimum Gasteiger partial charge on any atom is -0.390 e. The highest BCUT2D eigenvalue weighted by Crippen LogP contribution is 2.17. The van der Waals surface area contributed by atoms with Crippen LogP contribution in [0.25, 0.3) is 0 Å². The zero-order valence-electron chi connectivity index (χ0n) is 11.6. The number of aliphatic hydroxyl groups is 1. The number of piperazine rings is 1. The zero-order chi connectivity index (χ0) is 14.5. The van der Waals surface area contributed by atoms with Crippen LogP contribution in [0.2, 0.25) is 0 Å². The van der Waals surface area contributed by atoms with Crippen molar-refractivity contribution < 1.29 is 18.3 Å². The largest absolute Gasteiger partial charge is 0.401 e. The van der Waals surface area contributed by atoms with Gasteiger partial charge in [-0.3, -0.25) is 9.80 Å². The summed E-state index contributed by atoms with van der Waals surface area (Å²) >= 11 is 0. The molecule has 0 aliphatic carbocycles. The first-order valence-electron chi connectivity index (χ1n) is 6.69. The van der Waals surface area contributed by atoms with Crippen LogP contribution in [0.5, 0.6) is 0 Å². The summed E-state index contributed by atoms with van der Waals surface area (Å²) in [6, 6.07) is 0.318. The van der Waals surface area contributed by atoms with E-state index in [0.717, 1.165) is 0 Å². The van der Waals surface area contributed by atoms with E-state index in [2.05, 4.69) is 5.32 Å². The molecule has 1 saturated heterocycles. The lowest BCUT2D eigenvalue weighted by atomic mass is 10.2. The highest BCUT2D eigenvalue weighted by atomic mass is 19.4. The molecular weight excluding hydrogens is 259 g/mol. The van der Waals surface area contributed by atoms with E-state index in [1.807, 2.05) is 18.7 Å². The monoisotopic (exact) mass is 283 g/mol. The lowest BCUT2D eigenvalue weighted by Crippen LogP contribution is -2.51. The molecule has 1 rings (SSSR count). The molecule has 0 saturated carbocycles. The van der Waals surface area contributed by atoms with Crippen molar-refractivity contribution in [2.75, 3.05) is 45.8 Å². The number of hydrogen-bond donors (Lipinski definition) is 2. The number of rotatable bonds is 6. The SMILES string of the molecule is CC(C)NCC(O)CN1CCN(CC(F)(F)F)CC1. The second-order valence-electron chi connectivity index (χ2n) is 5.41. The van der Waals surface area contributed by atoms with Crippen LogP contribution in [-0.4, -0.2) is 79.0 Å². The Morgan fingerprint density at radius 1 is 1.11 bits per heavy atom. The van der Waals surface area contributed by atoms with E-state index in [1.165, 1.54) is 4.90 Å². The quantitative estimate of drug-likeness (QED) is 0.746. The topological polar surface area (TPSA) is 38.7 Å². The van der Waals surface area contributed by atoms with Crippen LogP contribution in [0.15, 0.2) is 0 Å². The van der Waals surface area contributed by atoms with Crippen molar-refractivity contribution in [1.29, 1.82) is 0 Å². The first-order chi connectivity index (χ1) is 8.76. The zero-order valence-corrected chi connectivity index (χ0v) is 11.6. The summed E-state index contributed by atoms with van der Waals surface area (Å²) in [5, 5.41) is 12.9. The van der Waals surface area contributed by atoms with Gasteiger partial charge in [0.1, 0.15) is 0 Å². The van der Waals surface area contributed by atoms with Crippen LogP contribution in [0.1, 0.15) is 13.8 Å². The smallest absolute Gasteiger partial charge is 0.390 e. The molecule has 2 N–H and O–H groups in total. The number of β-amino-alcohol motifs (C(OH)–C–C–N with tert-alkyl or cyclic N) is 1. The molecule has 0 amide bonds. The Morgan fingerprint density at radius 3 is 2.11 bits per heavy atom. The van der Waals surface area contributed by atoms with Gasteiger partial charge in [0, 0.05) is 45.3 Å². The number of nitrogens with one attached hydrogen (secondary N) is 1. The molecule has 0 radical (unpaired) electrons. The van der Waals surface area contributed by atoms with Gasteiger partial charge in [-0.2, -0.15) is 13.2 Å². The third-order valence-electron chi connectivity index (χ3n) is 3.10. The summed E-state index contributed by atoms with van der Waals surface area (Å²) in [5.41, 5.74) is 0. The van der Waals surface area contributed by atoms with Crippen molar-refractivity contribution in [1.82, 2.24) is 15.1 Å². The standard InChI is InChI=1S/C12H24F3N3O/c1-10(2)16-7-11(19)8-17-3-5-18(6-4-17)9-12(13,14)15/h10-11,16,19H,3-9H2,1-2H3. The Bertz CT molecular complexity index is 253. The van der Waals surface area contributed by atoms with Crippen LogP contribution in [0.4, 0.5) is 13.2 Å². The minimum atomic E-state index is -4.12. The second kappa shape index (κ2) is 7.42. The number of halogens is 3. The first kappa shape index (κ1) is 16.7. The fourth-order valence-corrected chi connectivity index (χ4v) is 2.12. The molecule has 7 heteroatoms. The Morgan fingerprint density at radius 2 is 1.63 bits per heavy atom. The van der Waals surface area contributed by atoms with Gasteiger partial charge in [-0.15, -0.1) is 0 Å². The molecule has 0 spiro atoms. The lowest BCUT2D eigenvalue weighted by Gasteiger charge is -2.35. The molecule has 1 aliphatic rings. The molecule has 1 unspecified atom stereocenters. The van der Waals surface area contributed by atoms with Crippen molar-refractivity contribution in [3.05, 3.63) is 0 Å². The van der Waals surface area contributed by atoms with Crippen LogP contribution in [0, 0.1) is 0 Å². The third kappa shape index (κ3) is 7.71. The average molecular weight is 283 g/mol. The minimum absolute atomic E-state index is 0.318. The van der Waals surface area contributed by atoms with Gasteiger partial charge in [-0.25, -0.2) is 0 Å². The Kier molecular flexibility index (Phi) is 6.52. The summed E-state index contributed by atoms with van der Waals surface area (Å²) in [6.07, 6.45) is -4.60. The fourth-order valence-electron chi connectivity index (χ4n) is 2.12. The molecule has 0 aromatic heterocycles. The molecule has 114 valence electrons. The number of alkyl halides is 3. The molecule has 1 aliphatic heterocycles. The van der Waals surface area contributed by atoms with Gasteiger partial charge in [-0.05, 0) is 0 Å². The predicted molar refractivity (Wildman–Crippen MR) is 68.1 cm³/mol. The van der Waals surface area contributed by atoms with Gasteiger partial charge in [-0.1, -0.05) is 13.8 Å². The lowest BCUT2D eigenvalue weighted by molar-refractivity contribution is -0.149.